The summed E-state index contributed by atoms with van der Waals surface area (Å²) in [5.41, 5.74) is 2.65. The van der Waals surface area contributed by atoms with Crippen LogP contribution in [0.15, 0.2) is 11.6 Å². The molecule has 0 radical (unpaired) electrons. The SMILES string of the molecule is CCOC(=O)CNCCO[C@H]1CC[C@@]2(C)C(=CCC3C2CC[C@@]2(C)C3CC[C@@H]2[C@H](C)CCCC(C)C)C1. The minimum absolute atomic E-state index is 0.185. The van der Waals surface area contributed by atoms with Crippen LogP contribution in [0, 0.1) is 46.3 Å². The van der Waals surface area contributed by atoms with Gasteiger partial charge in [0.25, 0.3) is 0 Å². The highest BCUT2D eigenvalue weighted by molar-refractivity contribution is 5.71. The highest BCUT2D eigenvalue weighted by atomic mass is 16.5. The van der Waals surface area contributed by atoms with E-state index >= 15 is 0 Å². The van der Waals surface area contributed by atoms with E-state index in [1.807, 2.05) is 6.92 Å². The second-order valence-corrected chi connectivity index (χ2v) is 14.0. The standard InChI is InChI=1S/C33H57NO3/c1-7-36-31(35)22-34-19-20-37-26-15-17-32(5)25(21-26)11-12-27-29-14-13-28(24(4)10-8-9-23(2)3)33(29,6)18-16-30(27)32/h11,23-24,26-30,34H,7-10,12-22H2,1-6H3/t24-,26+,27?,28-,29?,30?,32+,33-/m1/s1. The summed E-state index contributed by atoms with van der Waals surface area (Å²) in [5, 5.41) is 3.15. The zero-order valence-electron chi connectivity index (χ0n) is 25.0. The fourth-order valence-electron chi connectivity index (χ4n) is 9.49. The quantitative estimate of drug-likeness (QED) is 0.165. The van der Waals surface area contributed by atoms with Crippen molar-refractivity contribution >= 4 is 5.97 Å². The van der Waals surface area contributed by atoms with E-state index in [-0.39, 0.29) is 12.5 Å². The van der Waals surface area contributed by atoms with Crippen LogP contribution in [0.3, 0.4) is 0 Å². The van der Waals surface area contributed by atoms with Crippen LogP contribution in [0.5, 0.6) is 0 Å². The molecule has 8 atom stereocenters. The fraction of sp³-hybridized carbons (Fsp3) is 0.909. The van der Waals surface area contributed by atoms with Crippen LogP contribution in [0.2, 0.25) is 0 Å². The van der Waals surface area contributed by atoms with E-state index in [1.54, 1.807) is 5.57 Å². The zero-order valence-corrected chi connectivity index (χ0v) is 25.0. The third-order valence-corrected chi connectivity index (χ3v) is 11.5. The molecule has 0 spiro atoms. The second-order valence-electron chi connectivity index (χ2n) is 14.0. The number of carbonyl (C=O) groups is 1. The van der Waals surface area contributed by atoms with Gasteiger partial charge >= 0.3 is 5.97 Å². The minimum atomic E-state index is -0.185. The molecule has 4 rings (SSSR count). The van der Waals surface area contributed by atoms with Crippen LogP contribution in [-0.2, 0) is 14.3 Å². The molecule has 4 aliphatic rings. The Hall–Kier alpha value is -0.870. The van der Waals surface area contributed by atoms with Gasteiger partial charge in [0.1, 0.15) is 0 Å². The van der Waals surface area contributed by atoms with E-state index in [4.69, 9.17) is 9.47 Å². The lowest BCUT2D eigenvalue weighted by molar-refractivity contribution is -0.142. The molecule has 4 aliphatic carbocycles. The van der Waals surface area contributed by atoms with Gasteiger partial charge in [-0.2, -0.15) is 0 Å². The molecule has 0 aromatic rings. The van der Waals surface area contributed by atoms with Gasteiger partial charge in [-0.15, -0.1) is 0 Å². The van der Waals surface area contributed by atoms with Crippen molar-refractivity contribution in [3.05, 3.63) is 11.6 Å². The first-order valence-electron chi connectivity index (χ1n) is 15.9. The molecule has 3 fully saturated rings. The third-order valence-electron chi connectivity index (χ3n) is 11.5. The first-order valence-corrected chi connectivity index (χ1v) is 15.9. The van der Waals surface area contributed by atoms with Gasteiger partial charge in [0.15, 0.2) is 0 Å². The number of fused-ring (bicyclic) bond motifs is 5. The fourth-order valence-corrected chi connectivity index (χ4v) is 9.49. The van der Waals surface area contributed by atoms with Gasteiger partial charge in [0.2, 0.25) is 0 Å². The Morgan fingerprint density at radius 3 is 2.65 bits per heavy atom. The molecule has 0 aliphatic heterocycles. The number of rotatable bonds is 12. The Morgan fingerprint density at radius 1 is 1.08 bits per heavy atom. The van der Waals surface area contributed by atoms with Gasteiger partial charge in [-0.05, 0) is 105 Å². The Bertz CT molecular complexity index is 792. The predicted molar refractivity (Wildman–Crippen MR) is 152 cm³/mol. The molecule has 0 amide bonds. The van der Waals surface area contributed by atoms with E-state index in [1.165, 1.54) is 64.2 Å². The normalized spacial score (nSPS) is 37.9. The smallest absolute Gasteiger partial charge is 0.319 e. The highest BCUT2D eigenvalue weighted by Crippen LogP contribution is 2.67. The lowest BCUT2D eigenvalue weighted by Crippen LogP contribution is -2.51. The van der Waals surface area contributed by atoms with E-state index in [2.05, 4.69) is 46.0 Å². The molecule has 3 saturated carbocycles. The first kappa shape index (κ1) is 29.1. The summed E-state index contributed by atoms with van der Waals surface area (Å²) < 4.78 is 11.2. The summed E-state index contributed by atoms with van der Waals surface area (Å²) in [4.78, 5) is 11.5. The summed E-state index contributed by atoms with van der Waals surface area (Å²) in [5.74, 6) is 5.17. The average molecular weight is 516 g/mol. The van der Waals surface area contributed by atoms with E-state index in [9.17, 15) is 4.79 Å². The van der Waals surface area contributed by atoms with E-state index < -0.39 is 0 Å². The van der Waals surface area contributed by atoms with Crippen molar-refractivity contribution in [3.63, 3.8) is 0 Å². The number of allylic oxidation sites excluding steroid dienone is 1. The molecule has 212 valence electrons. The maximum Gasteiger partial charge on any atom is 0.319 e. The van der Waals surface area contributed by atoms with Crippen molar-refractivity contribution in [1.82, 2.24) is 5.32 Å². The number of ether oxygens (including phenoxy) is 2. The molecule has 0 heterocycles. The maximum atomic E-state index is 11.5. The van der Waals surface area contributed by atoms with Crippen molar-refractivity contribution in [2.45, 2.75) is 118 Å². The molecule has 4 heteroatoms. The predicted octanol–water partition coefficient (Wildman–Crippen LogP) is 7.57. The number of esters is 1. The van der Waals surface area contributed by atoms with Crippen molar-refractivity contribution in [1.29, 1.82) is 0 Å². The highest BCUT2D eigenvalue weighted by Gasteiger charge is 2.59. The third kappa shape index (κ3) is 6.32. The summed E-state index contributed by atoms with van der Waals surface area (Å²) in [6.07, 6.45) is 17.9. The van der Waals surface area contributed by atoms with Crippen molar-refractivity contribution in [2.75, 3.05) is 26.3 Å². The Morgan fingerprint density at radius 2 is 1.89 bits per heavy atom. The molecule has 0 aromatic carbocycles. The van der Waals surface area contributed by atoms with Gasteiger partial charge in [0, 0.05) is 6.54 Å². The van der Waals surface area contributed by atoms with Gasteiger partial charge in [-0.1, -0.05) is 65.5 Å². The lowest BCUT2D eigenvalue weighted by atomic mass is 9.47. The maximum absolute atomic E-state index is 11.5. The largest absolute Gasteiger partial charge is 0.465 e. The number of hydrogen-bond donors (Lipinski definition) is 1. The molecular formula is C33H57NO3. The van der Waals surface area contributed by atoms with Crippen LogP contribution in [-0.4, -0.2) is 38.4 Å². The number of carbonyl (C=O) groups excluding carboxylic acids is 1. The van der Waals surface area contributed by atoms with Crippen molar-refractivity contribution < 1.29 is 14.3 Å². The van der Waals surface area contributed by atoms with Crippen LogP contribution in [0.4, 0.5) is 0 Å². The molecule has 0 bridgehead atoms. The summed E-state index contributed by atoms with van der Waals surface area (Å²) in [7, 11) is 0. The van der Waals surface area contributed by atoms with Crippen molar-refractivity contribution in [3.8, 4) is 0 Å². The van der Waals surface area contributed by atoms with Crippen LogP contribution in [0.25, 0.3) is 0 Å². The van der Waals surface area contributed by atoms with Gasteiger partial charge in [0.05, 0.1) is 25.9 Å². The van der Waals surface area contributed by atoms with Gasteiger partial charge in [-0.25, -0.2) is 0 Å². The molecule has 0 aromatic heterocycles. The Kier molecular flexibility index (Phi) is 9.87. The molecule has 1 N–H and O–H groups in total. The zero-order chi connectivity index (χ0) is 26.6. The topological polar surface area (TPSA) is 47.6 Å². The summed E-state index contributed by atoms with van der Waals surface area (Å²) in [6.45, 7) is 16.5. The number of nitrogens with one attached hydrogen (secondary N) is 1. The van der Waals surface area contributed by atoms with Gasteiger partial charge in [-0.3, -0.25) is 4.79 Å². The van der Waals surface area contributed by atoms with Crippen LogP contribution >= 0.6 is 0 Å². The van der Waals surface area contributed by atoms with E-state index in [0.717, 1.165) is 41.9 Å². The number of hydrogen-bond acceptors (Lipinski definition) is 4. The van der Waals surface area contributed by atoms with Gasteiger partial charge < -0.3 is 14.8 Å². The minimum Gasteiger partial charge on any atom is -0.465 e. The summed E-state index contributed by atoms with van der Waals surface area (Å²) >= 11 is 0. The Labute approximate surface area is 228 Å². The average Bonchev–Trinajstić information content (AvgIpc) is 3.21. The molecule has 0 saturated heterocycles. The van der Waals surface area contributed by atoms with E-state index in [0.29, 0.717) is 36.7 Å². The Balaban J connectivity index is 1.31. The molecular weight excluding hydrogens is 458 g/mol. The molecule has 37 heavy (non-hydrogen) atoms. The summed E-state index contributed by atoms with van der Waals surface area (Å²) in [6, 6.07) is 0. The second kappa shape index (κ2) is 12.5. The molecule has 3 unspecified atom stereocenters. The molecule has 4 nitrogen and oxygen atoms in total. The van der Waals surface area contributed by atoms with Crippen LogP contribution < -0.4 is 5.32 Å². The monoisotopic (exact) mass is 515 g/mol. The van der Waals surface area contributed by atoms with Crippen molar-refractivity contribution in [2.24, 2.45) is 46.3 Å². The first-order chi connectivity index (χ1) is 17.7. The lowest BCUT2D eigenvalue weighted by Gasteiger charge is -2.58. The van der Waals surface area contributed by atoms with Crippen LogP contribution in [0.1, 0.15) is 112 Å².